The zero-order chi connectivity index (χ0) is 6.08. The highest BCUT2D eigenvalue weighted by atomic mass is 35.5. The van der Waals surface area contributed by atoms with E-state index in [1.807, 2.05) is 0 Å². The molecule has 3 N–H and O–H groups in total. The molecule has 0 aromatic rings. The first-order valence-electron chi connectivity index (χ1n) is 1.31. The van der Waals surface area contributed by atoms with E-state index in [0.29, 0.717) is 0 Å². The fourth-order valence-electron chi connectivity index (χ4n) is 0. The first kappa shape index (κ1) is 6.84. The van der Waals surface area contributed by atoms with Gasteiger partial charge in [-0.25, -0.2) is 0 Å². The molecule has 0 amide bonds. The third-order valence-corrected chi connectivity index (χ3v) is 0.517. The third kappa shape index (κ3) is 2.52. The summed E-state index contributed by atoms with van der Waals surface area (Å²) in [7, 11) is 0. The monoisotopic (exact) mass is 126 g/mol. The van der Waals surface area contributed by atoms with Gasteiger partial charge in [0.25, 0.3) is 0 Å². The van der Waals surface area contributed by atoms with Crippen LogP contribution in [0, 0.1) is 0 Å². The summed E-state index contributed by atoms with van der Waals surface area (Å²) in [4.78, 5) is 9.48. The van der Waals surface area contributed by atoms with Crippen molar-refractivity contribution >= 4 is 16.8 Å². The molecule has 0 radical (unpaired) electrons. The van der Waals surface area contributed by atoms with Gasteiger partial charge < -0.3 is 15.3 Å². The number of hydrogen-bond acceptors (Lipinski definition) is 4. The minimum atomic E-state index is -3.37. The van der Waals surface area contributed by atoms with Gasteiger partial charge in [-0.3, -0.25) is 4.79 Å². The van der Waals surface area contributed by atoms with E-state index < -0.39 is 11.2 Å². The predicted molar refractivity (Wildman–Crippen MR) is 20.2 cm³/mol. The second-order valence-corrected chi connectivity index (χ2v) is 1.25. The summed E-state index contributed by atoms with van der Waals surface area (Å²) in [5.41, 5.74) is 0. The topological polar surface area (TPSA) is 77.8 Å². The molecule has 0 aromatic carbocycles. The Morgan fingerprint density at radius 2 is 1.57 bits per heavy atom. The van der Waals surface area contributed by atoms with Crippen LogP contribution in [0.4, 0.5) is 0 Å². The van der Waals surface area contributed by atoms with Crippen LogP contribution in [0.1, 0.15) is 0 Å². The summed E-state index contributed by atoms with van der Waals surface area (Å²) in [6, 6.07) is 0. The van der Waals surface area contributed by atoms with E-state index in [0.717, 1.165) is 0 Å². The molecule has 0 aromatic heterocycles. The van der Waals surface area contributed by atoms with Crippen LogP contribution < -0.4 is 0 Å². The SMILES string of the molecule is O=C(Cl)C(O)(O)O. The maximum absolute atomic E-state index is 9.48. The van der Waals surface area contributed by atoms with Gasteiger partial charge in [0.15, 0.2) is 0 Å². The van der Waals surface area contributed by atoms with Crippen LogP contribution in [0.25, 0.3) is 0 Å². The van der Waals surface area contributed by atoms with Crippen molar-refractivity contribution in [3.63, 3.8) is 0 Å². The van der Waals surface area contributed by atoms with Crippen LogP contribution in [0.5, 0.6) is 0 Å². The molecule has 5 heteroatoms. The highest BCUT2D eigenvalue weighted by Crippen LogP contribution is 1.96. The van der Waals surface area contributed by atoms with Gasteiger partial charge in [-0.2, -0.15) is 0 Å². The lowest BCUT2D eigenvalue weighted by Gasteiger charge is -2.04. The number of carbonyl (C=O) groups excluding carboxylic acids is 1. The molecular weight excluding hydrogens is 123 g/mol. The number of aliphatic hydroxyl groups is 3. The minimum absolute atomic E-state index is 1.62. The Hall–Kier alpha value is -0.160. The molecule has 42 valence electrons. The summed E-state index contributed by atoms with van der Waals surface area (Å²) < 4.78 is 0. The highest BCUT2D eigenvalue weighted by molar-refractivity contribution is 6.64. The average Bonchev–Trinajstić information content (AvgIpc) is 1.31. The lowest BCUT2D eigenvalue weighted by molar-refractivity contribution is -0.281. The molecule has 0 atom stereocenters. The van der Waals surface area contributed by atoms with Crippen molar-refractivity contribution in [1.82, 2.24) is 0 Å². The maximum Gasteiger partial charge on any atom is 0.355 e. The van der Waals surface area contributed by atoms with E-state index in [1.54, 1.807) is 0 Å². The largest absolute Gasteiger partial charge is 0.355 e. The van der Waals surface area contributed by atoms with E-state index in [1.165, 1.54) is 0 Å². The molecule has 0 aliphatic rings. The Kier molecular flexibility index (Phi) is 1.71. The molecule has 0 heterocycles. The van der Waals surface area contributed by atoms with Gasteiger partial charge in [0, 0.05) is 0 Å². The van der Waals surface area contributed by atoms with Crippen LogP contribution in [0.3, 0.4) is 0 Å². The molecule has 0 aliphatic carbocycles. The average molecular weight is 126 g/mol. The van der Waals surface area contributed by atoms with Crippen LogP contribution in [0.2, 0.25) is 0 Å². The standard InChI is InChI=1S/C2H3ClO4/c3-1(4)2(5,6)7/h5-7H. The van der Waals surface area contributed by atoms with Crippen molar-refractivity contribution in [1.29, 1.82) is 0 Å². The maximum atomic E-state index is 9.48. The van der Waals surface area contributed by atoms with Crippen molar-refractivity contribution < 1.29 is 20.1 Å². The Balaban J connectivity index is 3.79. The quantitative estimate of drug-likeness (QED) is 0.292. The van der Waals surface area contributed by atoms with Gasteiger partial charge in [-0.15, -0.1) is 0 Å². The molecule has 0 fully saturated rings. The van der Waals surface area contributed by atoms with Crippen molar-refractivity contribution in [2.45, 2.75) is 5.97 Å². The zero-order valence-electron chi connectivity index (χ0n) is 3.13. The van der Waals surface area contributed by atoms with Crippen molar-refractivity contribution in [3.05, 3.63) is 0 Å². The second-order valence-electron chi connectivity index (χ2n) is 0.909. The second kappa shape index (κ2) is 1.75. The van der Waals surface area contributed by atoms with Gasteiger partial charge in [-0.1, -0.05) is 0 Å². The van der Waals surface area contributed by atoms with E-state index in [9.17, 15) is 4.79 Å². The molecular formula is C2H3ClO4. The van der Waals surface area contributed by atoms with Crippen LogP contribution in [0.15, 0.2) is 0 Å². The lowest BCUT2D eigenvalue weighted by atomic mass is 10.6. The Bertz CT molecular complexity index is 82.2. The van der Waals surface area contributed by atoms with Crippen LogP contribution >= 0.6 is 11.6 Å². The Labute approximate surface area is 44.0 Å². The summed E-state index contributed by atoms with van der Waals surface area (Å²) in [5.74, 6) is -3.37. The molecule has 0 rings (SSSR count). The molecule has 0 saturated carbocycles. The molecule has 0 saturated heterocycles. The predicted octanol–water partition coefficient (Wildman–Crippen LogP) is -1.62. The van der Waals surface area contributed by atoms with Crippen molar-refractivity contribution in [3.8, 4) is 0 Å². The zero-order valence-corrected chi connectivity index (χ0v) is 3.88. The fraction of sp³-hybridized carbons (Fsp3) is 0.500. The van der Waals surface area contributed by atoms with Gasteiger partial charge in [0.2, 0.25) is 0 Å². The first-order valence-corrected chi connectivity index (χ1v) is 1.69. The van der Waals surface area contributed by atoms with E-state index in [-0.39, 0.29) is 0 Å². The smallest absolute Gasteiger partial charge is 0.336 e. The molecule has 4 nitrogen and oxygen atoms in total. The van der Waals surface area contributed by atoms with Gasteiger partial charge >= 0.3 is 11.2 Å². The molecule has 0 spiro atoms. The lowest BCUT2D eigenvalue weighted by Crippen LogP contribution is -2.34. The van der Waals surface area contributed by atoms with E-state index in [4.69, 9.17) is 15.3 Å². The number of halogens is 1. The Morgan fingerprint density at radius 3 is 1.57 bits per heavy atom. The highest BCUT2D eigenvalue weighted by Gasteiger charge is 2.27. The molecule has 0 aliphatic heterocycles. The third-order valence-electron chi connectivity index (χ3n) is 0.264. The van der Waals surface area contributed by atoms with Crippen LogP contribution in [-0.2, 0) is 4.79 Å². The summed E-state index contributed by atoms with van der Waals surface area (Å²) in [5, 5.41) is 21.6. The van der Waals surface area contributed by atoms with E-state index in [2.05, 4.69) is 11.6 Å². The molecule has 0 bridgehead atoms. The van der Waals surface area contributed by atoms with Gasteiger partial charge in [0.05, 0.1) is 0 Å². The fourth-order valence-corrected chi connectivity index (χ4v) is 0. The van der Waals surface area contributed by atoms with Crippen LogP contribution in [-0.4, -0.2) is 26.5 Å². The summed E-state index contributed by atoms with van der Waals surface area (Å²) in [6.07, 6.45) is 0. The van der Waals surface area contributed by atoms with Gasteiger partial charge in [-0.05, 0) is 11.6 Å². The molecule has 0 unspecified atom stereocenters. The van der Waals surface area contributed by atoms with Crippen molar-refractivity contribution in [2.75, 3.05) is 0 Å². The minimum Gasteiger partial charge on any atom is -0.336 e. The summed E-state index contributed by atoms with van der Waals surface area (Å²) in [6.45, 7) is 0. The number of carbonyl (C=O) groups is 1. The normalized spacial score (nSPS) is 11.4. The van der Waals surface area contributed by atoms with Crippen molar-refractivity contribution in [2.24, 2.45) is 0 Å². The summed E-state index contributed by atoms with van der Waals surface area (Å²) >= 11 is 4.36. The first-order chi connectivity index (χ1) is 2.94. The molecule has 7 heavy (non-hydrogen) atoms. The van der Waals surface area contributed by atoms with E-state index >= 15 is 0 Å². The van der Waals surface area contributed by atoms with Gasteiger partial charge in [0.1, 0.15) is 0 Å². The Morgan fingerprint density at radius 1 is 1.43 bits per heavy atom. The number of rotatable bonds is 1. The number of hydrogen-bond donors (Lipinski definition) is 3.